The number of hydrogen-bond acceptors (Lipinski definition) is 4. The molecule has 1 fully saturated rings. The van der Waals surface area contributed by atoms with Crippen molar-refractivity contribution in [3.05, 3.63) is 10.4 Å². The predicted molar refractivity (Wildman–Crippen MR) is 35.5 cm³/mol. The van der Waals surface area contributed by atoms with Crippen molar-refractivity contribution in [2.24, 2.45) is 5.11 Å². The predicted octanol–water partition coefficient (Wildman–Crippen LogP) is -0.235. The first-order valence-electron chi connectivity index (χ1n) is 3.26. The van der Waals surface area contributed by atoms with Gasteiger partial charge in [0.05, 0.1) is 18.8 Å². The van der Waals surface area contributed by atoms with Gasteiger partial charge in [0.15, 0.2) is 6.29 Å². The molecule has 0 bridgehead atoms. The lowest BCUT2D eigenvalue weighted by molar-refractivity contribution is -0.159. The second-order valence-corrected chi connectivity index (χ2v) is 2.36. The van der Waals surface area contributed by atoms with Crippen LogP contribution in [0.4, 0.5) is 0 Å². The molecule has 0 radical (unpaired) electrons. The van der Waals surface area contributed by atoms with Crippen LogP contribution in [0.3, 0.4) is 0 Å². The average molecular weight is 159 g/mol. The lowest BCUT2D eigenvalue weighted by Gasteiger charge is -2.27. The largest absolute Gasteiger partial charge is 0.392 e. The first-order chi connectivity index (χ1) is 5.24. The fraction of sp³-hybridized carbons (Fsp3) is 1.00. The molecule has 1 rings (SSSR count). The SMILES string of the molecule is [N-]=[N+]=N[C@@H]1CO[C@@H](O)C[C@@H]1O. The Labute approximate surface area is 63.0 Å². The van der Waals surface area contributed by atoms with Crippen LogP contribution in [-0.4, -0.2) is 35.3 Å². The molecular formula is C5H9N3O3. The van der Waals surface area contributed by atoms with E-state index < -0.39 is 18.4 Å². The summed E-state index contributed by atoms with van der Waals surface area (Å²) in [6.45, 7) is 0.0758. The number of aliphatic hydroxyl groups is 2. The molecule has 1 heterocycles. The molecule has 0 aromatic carbocycles. The minimum atomic E-state index is -0.935. The summed E-state index contributed by atoms with van der Waals surface area (Å²) in [7, 11) is 0. The van der Waals surface area contributed by atoms with Crippen LogP contribution in [0.25, 0.3) is 10.4 Å². The summed E-state index contributed by atoms with van der Waals surface area (Å²) in [5, 5.41) is 21.3. The topological polar surface area (TPSA) is 98.5 Å². The minimum absolute atomic E-state index is 0.0758. The van der Waals surface area contributed by atoms with Crippen LogP contribution >= 0.6 is 0 Å². The summed E-state index contributed by atoms with van der Waals surface area (Å²) >= 11 is 0. The lowest BCUT2D eigenvalue weighted by atomic mass is 10.1. The van der Waals surface area contributed by atoms with Crippen LogP contribution in [0.5, 0.6) is 0 Å². The Balaban J connectivity index is 2.50. The van der Waals surface area contributed by atoms with Crippen molar-refractivity contribution in [1.82, 2.24) is 0 Å². The number of nitrogens with zero attached hydrogens (tertiary/aromatic N) is 3. The highest BCUT2D eigenvalue weighted by atomic mass is 16.6. The van der Waals surface area contributed by atoms with E-state index in [1.807, 2.05) is 0 Å². The molecule has 1 aliphatic heterocycles. The van der Waals surface area contributed by atoms with Crippen LogP contribution in [0.2, 0.25) is 0 Å². The summed E-state index contributed by atoms with van der Waals surface area (Å²) in [4.78, 5) is 2.54. The van der Waals surface area contributed by atoms with Gasteiger partial charge in [-0.1, -0.05) is 5.11 Å². The van der Waals surface area contributed by atoms with Gasteiger partial charge in [0.25, 0.3) is 0 Å². The molecule has 6 heteroatoms. The second-order valence-electron chi connectivity index (χ2n) is 2.36. The van der Waals surface area contributed by atoms with E-state index in [9.17, 15) is 0 Å². The Morgan fingerprint density at radius 2 is 2.27 bits per heavy atom. The van der Waals surface area contributed by atoms with E-state index in [4.69, 9.17) is 20.5 Å². The van der Waals surface area contributed by atoms with Crippen molar-refractivity contribution in [1.29, 1.82) is 0 Å². The van der Waals surface area contributed by atoms with Crippen molar-refractivity contribution in [2.75, 3.05) is 6.61 Å². The first kappa shape index (κ1) is 8.29. The quantitative estimate of drug-likeness (QED) is 0.314. The molecule has 3 atom stereocenters. The van der Waals surface area contributed by atoms with Gasteiger partial charge in [-0.05, 0) is 5.53 Å². The van der Waals surface area contributed by atoms with Crippen LogP contribution in [-0.2, 0) is 4.74 Å². The number of hydrogen-bond donors (Lipinski definition) is 2. The zero-order valence-electron chi connectivity index (χ0n) is 5.79. The monoisotopic (exact) mass is 159 g/mol. The van der Waals surface area contributed by atoms with Gasteiger partial charge in [0, 0.05) is 11.3 Å². The number of ether oxygens (including phenoxy) is 1. The molecule has 1 saturated heterocycles. The molecule has 1 aliphatic rings. The Morgan fingerprint density at radius 1 is 1.55 bits per heavy atom. The van der Waals surface area contributed by atoms with Crippen molar-refractivity contribution in [3.8, 4) is 0 Å². The maximum Gasteiger partial charge on any atom is 0.157 e. The molecule has 62 valence electrons. The Bertz CT molecular complexity index is 180. The third-order valence-corrected chi connectivity index (χ3v) is 1.55. The minimum Gasteiger partial charge on any atom is -0.392 e. The van der Waals surface area contributed by atoms with Gasteiger partial charge in [-0.25, -0.2) is 0 Å². The van der Waals surface area contributed by atoms with E-state index >= 15 is 0 Å². The van der Waals surface area contributed by atoms with E-state index in [0.29, 0.717) is 0 Å². The van der Waals surface area contributed by atoms with Crippen LogP contribution < -0.4 is 0 Å². The summed E-state index contributed by atoms with van der Waals surface area (Å²) in [6, 6.07) is -0.566. The van der Waals surface area contributed by atoms with E-state index in [0.717, 1.165) is 0 Å². The molecule has 0 unspecified atom stereocenters. The highest BCUT2D eigenvalue weighted by Crippen LogP contribution is 2.14. The zero-order valence-corrected chi connectivity index (χ0v) is 5.79. The fourth-order valence-electron chi connectivity index (χ4n) is 0.929. The highest BCUT2D eigenvalue weighted by Gasteiger charge is 2.27. The van der Waals surface area contributed by atoms with Gasteiger partial charge in [-0.3, -0.25) is 0 Å². The molecule has 11 heavy (non-hydrogen) atoms. The van der Waals surface area contributed by atoms with E-state index in [1.54, 1.807) is 0 Å². The highest BCUT2D eigenvalue weighted by molar-refractivity contribution is 4.80. The lowest BCUT2D eigenvalue weighted by Crippen LogP contribution is -2.39. The van der Waals surface area contributed by atoms with Crippen LogP contribution in [0.15, 0.2) is 5.11 Å². The molecule has 0 aromatic rings. The smallest absolute Gasteiger partial charge is 0.157 e. The second kappa shape index (κ2) is 3.54. The standard InChI is InChI=1S/C5H9N3O3/c6-8-7-3-2-11-5(10)1-4(3)9/h3-5,9-10H,1-2H2/t3-,4+,5-/m1/s1. The van der Waals surface area contributed by atoms with E-state index in [2.05, 4.69) is 10.0 Å². The Kier molecular flexibility index (Phi) is 2.67. The van der Waals surface area contributed by atoms with Crippen molar-refractivity contribution >= 4 is 0 Å². The van der Waals surface area contributed by atoms with Gasteiger partial charge in [0.2, 0.25) is 0 Å². The third kappa shape index (κ3) is 2.06. The Hall–Kier alpha value is -0.810. The molecular weight excluding hydrogens is 150 g/mol. The molecule has 0 spiro atoms. The maximum atomic E-state index is 9.17. The number of azide groups is 1. The number of aliphatic hydroxyl groups excluding tert-OH is 2. The Morgan fingerprint density at radius 3 is 2.82 bits per heavy atom. The summed E-state index contributed by atoms with van der Waals surface area (Å²) < 4.78 is 4.74. The third-order valence-electron chi connectivity index (χ3n) is 1.55. The molecule has 0 aromatic heterocycles. The first-order valence-corrected chi connectivity index (χ1v) is 3.26. The average Bonchev–Trinajstić information content (AvgIpc) is 1.95. The van der Waals surface area contributed by atoms with E-state index in [1.165, 1.54) is 0 Å². The van der Waals surface area contributed by atoms with Crippen LogP contribution in [0, 0.1) is 0 Å². The summed E-state index contributed by atoms with van der Waals surface area (Å²) in [5.41, 5.74) is 8.03. The zero-order chi connectivity index (χ0) is 8.27. The van der Waals surface area contributed by atoms with Gasteiger partial charge in [0.1, 0.15) is 0 Å². The molecule has 0 amide bonds. The van der Waals surface area contributed by atoms with Crippen LogP contribution in [0.1, 0.15) is 6.42 Å². The summed E-state index contributed by atoms with van der Waals surface area (Å²) in [5.74, 6) is 0. The van der Waals surface area contributed by atoms with Crippen molar-refractivity contribution in [3.63, 3.8) is 0 Å². The van der Waals surface area contributed by atoms with Gasteiger partial charge in [-0.2, -0.15) is 0 Å². The molecule has 0 saturated carbocycles. The van der Waals surface area contributed by atoms with Gasteiger partial charge < -0.3 is 14.9 Å². The van der Waals surface area contributed by atoms with E-state index in [-0.39, 0.29) is 13.0 Å². The van der Waals surface area contributed by atoms with Gasteiger partial charge in [-0.15, -0.1) is 0 Å². The normalized spacial score (nSPS) is 37.8. The van der Waals surface area contributed by atoms with Crippen molar-refractivity contribution < 1.29 is 14.9 Å². The van der Waals surface area contributed by atoms with Gasteiger partial charge >= 0.3 is 0 Å². The maximum absolute atomic E-state index is 9.17. The summed E-state index contributed by atoms with van der Waals surface area (Å²) in [6.07, 6.45) is -1.63. The molecule has 2 N–H and O–H groups in total. The molecule has 0 aliphatic carbocycles. The number of rotatable bonds is 1. The fourth-order valence-corrected chi connectivity index (χ4v) is 0.929. The molecule has 6 nitrogen and oxygen atoms in total. The van der Waals surface area contributed by atoms with Crippen molar-refractivity contribution in [2.45, 2.75) is 24.9 Å².